The maximum absolute atomic E-state index is 12.8. The summed E-state index contributed by atoms with van der Waals surface area (Å²) in [6, 6.07) is 9.25. The largest absolute Gasteiger partial charge is 0.416 e. The van der Waals surface area contributed by atoms with Crippen molar-refractivity contribution in [2.24, 2.45) is 5.10 Å². The molecule has 31 heavy (non-hydrogen) atoms. The van der Waals surface area contributed by atoms with E-state index < -0.39 is 22.4 Å². The first-order valence-corrected chi connectivity index (χ1v) is 9.44. The minimum Gasteiger partial charge on any atom is -0.272 e. The molecule has 0 amide bonds. The summed E-state index contributed by atoms with van der Waals surface area (Å²) in [4.78, 5) is 10.2. The Labute approximate surface area is 184 Å². The topological polar surface area (TPSA) is 85.3 Å². The van der Waals surface area contributed by atoms with Crippen LogP contribution in [-0.2, 0) is 12.7 Å². The van der Waals surface area contributed by atoms with E-state index in [9.17, 15) is 23.3 Å². The number of rotatable bonds is 6. The maximum atomic E-state index is 12.8. The van der Waals surface area contributed by atoms with Gasteiger partial charge in [-0.3, -0.25) is 15.5 Å². The lowest BCUT2D eigenvalue weighted by molar-refractivity contribution is -0.384. The summed E-state index contributed by atoms with van der Waals surface area (Å²) in [5.74, 6) is 0. The van der Waals surface area contributed by atoms with E-state index in [0.717, 1.165) is 17.7 Å². The molecule has 0 bridgehead atoms. The van der Waals surface area contributed by atoms with E-state index in [4.69, 9.17) is 23.2 Å². The van der Waals surface area contributed by atoms with Crippen LogP contribution in [-0.4, -0.2) is 20.9 Å². The highest BCUT2D eigenvalue weighted by Gasteiger charge is 2.33. The predicted octanol–water partition coefficient (Wildman–Crippen LogP) is 5.92. The number of nitrogens with one attached hydrogen (secondary N) is 1. The van der Waals surface area contributed by atoms with Crippen LogP contribution in [0.5, 0.6) is 0 Å². The van der Waals surface area contributed by atoms with Crippen molar-refractivity contribution in [3.8, 4) is 0 Å². The van der Waals surface area contributed by atoms with Crippen LogP contribution in [0.4, 0.5) is 24.5 Å². The molecule has 1 N–H and O–H groups in total. The van der Waals surface area contributed by atoms with Crippen molar-refractivity contribution in [1.29, 1.82) is 0 Å². The summed E-state index contributed by atoms with van der Waals surface area (Å²) < 4.78 is 39.9. The Morgan fingerprint density at radius 3 is 2.52 bits per heavy atom. The average Bonchev–Trinajstić information content (AvgIpc) is 2.96. The second kappa shape index (κ2) is 8.94. The maximum Gasteiger partial charge on any atom is 0.416 e. The first kappa shape index (κ1) is 22.6. The molecule has 0 aliphatic rings. The van der Waals surface area contributed by atoms with E-state index in [0.29, 0.717) is 28.9 Å². The number of nitro benzene ring substituents is 1. The van der Waals surface area contributed by atoms with Gasteiger partial charge in [-0.15, -0.1) is 0 Å². The summed E-state index contributed by atoms with van der Waals surface area (Å²) in [6.45, 7) is 2.08. The van der Waals surface area contributed by atoms with Gasteiger partial charge in [0.2, 0.25) is 0 Å². The van der Waals surface area contributed by atoms with Crippen LogP contribution in [0.3, 0.4) is 0 Å². The third-order valence-corrected chi connectivity index (χ3v) is 4.91. The van der Waals surface area contributed by atoms with Crippen molar-refractivity contribution in [3.63, 3.8) is 0 Å². The zero-order valence-electron chi connectivity index (χ0n) is 15.8. The Balaban J connectivity index is 1.80. The van der Waals surface area contributed by atoms with E-state index in [-0.39, 0.29) is 10.8 Å². The molecule has 3 rings (SSSR count). The van der Waals surface area contributed by atoms with Gasteiger partial charge in [0.15, 0.2) is 0 Å². The van der Waals surface area contributed by atoms with Crippen molar-refractivity contribution in [1.82, 2.24) is 9.78 Å². The molecule has 2 aromatic carbocycles. The average molecular weight is 472 g/mol. The SMILES string of the molecule is Cc1nn(Cc2ccc(Cl)cc2)c(Cl)c1C=NNc1ccc(C(F)(F)F)cc1[N+](=O)[O-]. The van der Waals surface area contributed by atoms with Gasteiger partial charge in [-0.05, 0) is 36.8 Å². The Morgan fingerprint density at radius 1 is 1.23 bits per heavy atom. The van der Waals surface area contributed by atoms with Gasteiger partial charge in [0.05, 0.1) is 34.5 Å². The molecule has 0 fully saturated rings. The molecule has 0 unspecified atom stereocenters. The minimum atomic E-state index is -4.70. The normalized spacial score (nSPS) is 11.8. The van der Waals surface area contributed by atoms with Gasteiger partial charge in [0, 0.05) is 11.1 Å². The molecular formula is C19H14Cl2F3N5O2. The molecule has 0 aliphatic carbocycles. The molecule has 7 nitrogen and oxygen atoms in total. The number of alkyl halides is 3. The first-order chi connectivity index (χ1) is 14.6. The number of halogens is 5. The standard InChI is InChI=1S/C19H14Cl2F3N5O2/c1-11-15(18(21)28(27-11)10-12-2-5-14(20)6-3-12)9-25-26-16-7-4-13(19(22,23)24)8-17(16)29(30)31/h2-9,26H,10H2,1H3. The minimum absolute atomic E-state index is 0.198. The summed E-state index contributed by atoms with van der Waals surface area (Å²) in [7, 11) is 0. The summed E-state index contributed by atoms with van der Waals surface area (Å²) >= 11 is 12.2. The number of nitrogens with zero attached hydrogens (tertiary/aromatic N) is 4. The fourth-order valence-electron chi connectivity index (χ4n) is 2.70. The van der Waals surface area contributed by atoms with Crippen LogP contribution in [0.2, 0.25) is 10.2 Å². The number of nitro groups is 1. The van der Waals surface area contributed by atoms with Crippen LogP contribution in [0.25, 0.3) is 0 Å². The monoisotopic (exact) mass is 471 g/mol. The summed E-state index contributed by atoms with van der Waals surface area (Å²) in [5, 5.41) is 20.2. The van der Waals surface area contributed by atoms with Gasteiger partial charge in [-0.2, -0.15) is 23.4 Å². The third-order valence-electron chi connectivity index (χ3n) is 4.26. The molecule has 0 saturated heterocycles. The van der Waals surface area contributed by atoms with Crippen LogP contribution in [0, 0.1) is 17.0 Å². The van der Waals surface area contributed by atoms with Gasteiger partial charge in [-0.1, -0.05) is 35.3 Å². The van der Waals surface area contributed by atoms with Crippen molar-refractivity contribution in [2.45, 2.75) is 19.6 Å². The molecule has 1 heterocycles. The molecule has 0 spiro atoms. The summed E-state index contributed by atoms with van der Waals surface area (Å²) in [5.41, 5.74) is 2.23. The van der Waals surface area contributed by atoms with Gasteiger partial charge < -0.3 is 0 Å². The predicted molar refractivity (Wildman–Crippen MR) is 112 cm³/mol. The first-order valence-electron chi connectivity index (χ1n) is 8.68. The summed E-state index contributed by atoms with van der Waals surface area (Å²) in [6.07, 6.45) is -3.40. The molecule has 3 aromatic rings. The number of hydrazone groups is 1. The zero-order valence-corrected chi connectivity index (χ0v) is 17.3. The fourth-order valence-corrected chi connectivity index (χ4v) is 3.11. The van der Waals surface area contributed by atoms with Gasteiger partial charge in [-0.25, -0.2) is 4.68 Å². The lowest BCUT2D eigenvalue weighted by Gasteiger charge is -2.08. The van der Waals surface area contributed by atoms with Crippen LogP contribution in [0.15, 0.2) is 47.6 Å². The fraction of sp³-hybridized carbons (Fsp3) is 0.158. The second-order valence-electron chi connectivity index (χ2n) is 6.43. The number of hydrogen-bond acceptors (Lipinski definition) is 5. The molecule has 0 radical (unpaired) electrons. The van der Waals surface area contributed by atoms with Crippen molar-refractivity contribution in [3.05, 3.63) is 85.1 Å². The Kier molecular flexibility index (Phi) is 6.51. The molecule has 1 aromatic heterocycles. The molecular weight excluding hydrogens is 458 g/mol. The Bertz CT molecular complexity index is 1140. The van der Waals surface area contributed by atoms with Crippen LogP contribution in [0.1, 0.15) is 22.4 Å². The number of benzene rings is 2. The lowest BCUT2D eigenvalue weighted by Crippen LogP contribution is -2.06. The quantitative estimate of drug-likeness (QED) is 0.274. The molecule has 0 atom stereocenters. The van der Waals surface area contributed by atoms with Crippen LogP contribution < -0.4 is 5.43 Å². The van der Waals surface area contributed by atoms with E-state index in [1.165, 1.54) is 6.21 Å². The third kappa shape index (κ3) is 5.33. The number of aromatic nitrogens is 2. The number of hydrogen-bond donors (Lipinski definition) is 1. The van der Waals surface area contributed by atoms with E-state index in [2.05, 4.69) is 15.6 Å². The van der Waals surface area contributed by atoms with Gasteiger partial charge in [0.25, 0.3) is 5.69 Å². The van der Waals surface area contributed by atoms with Crippen molar-refractivity contribution < 1.29 is 18.1 Å². The molecule has 162 valence electrons. The van der Waals surface area contributed by atoms with Crippen LogP contribution >= 0.6 is 23.2 Å². The second-order valence-corrected chi connectivity index (χ2v) is 7.23. The highest BCUT2D eigenvalue weighted by Crippen LogP contribution is 2.35. The highest BCUT2D eigenvalue weighted by molar-refractivity contribution is 6.32. The Hall–Kier alpha value is -3.11. The number of anilines is 1. The zero-order chi connectivity index (χ0) is 22.8. The molecule has 0 saturated carbocycles. The van der Waals surface area contributed by atoms with E-state index in [1.54, 1.807) is 23.7 Å². The van der Waals surface area contributed by atoms with E-state index >= 15 is 0 Å². The highest BCUT2D eigenvalue weighted by atomic mass is 35.5. The molecule has 0 aliphatic heterocycles. The lowest BCUT2D eigenvalue weighted by atomic mass is 10.1. The van der Waals surface area contributed by atoms with Gasteiger partial charge in [0.1, 0.15) is 10.8 Å². The van der Waals surface area contributed by atoms with Gasteiger partial charge >= 0.3 is 6.18 Å². The smallest absolute Gasteiger partial charge is 0.272 e. The number of aryl methyl sites for hydroxylation is 1. The Morgan fingerprint density at radius 2 is 1.90 bits per heavy atom. The van der Waals surface area contributed by atoms with E-state index in [1.807, 2.05) is 12.1 Å². The van der Waals surface area contributed by atoms with Crippen molar-refractivity contribution in [2.75, 3.05) is 5.43 Å². The molecule has 12 heteroatoms. The van der Waals surface area contributed by atoms with Crippen molar-refractivity contribution >= 4 is 40.8 Å².